The second-order valence-electron chi connectivity index (χ2n) is 3.64. The van der Waals surface area contributed by atoms with E-state index in [0.717, 1.165) is 20.9 Å². The summed E-state index contributed by atoms with van der Waals surface area (Å²) in [6, 6.07) is 5.00. The van der Waals surface area contributed by atoms with Gasteiger partial charge in [-0.25, -0.2) is 4.79 Å². The summed E-state index contributed by atoms with van der Waals surface area (Å²) in [6.45, 7) is 2.09. The molecule has 1 heterocycles. The van der Waals surface area contributed by atoms with Gasteiger partial charge in [0.2, 0.25) is 0 Å². The highest BCUT2D eigenvalue weighted by atomic mass is 79.9. The summed E-state index contributed by atoms with van der Waals surface area (Å²) in [4.78, 5) is 14.7. The van der Waals surface area contributed by atoms with E-state index in [2.05, 4.69) is 20.9 Å². The van der Waals surface area contributed by atoms with E-state index in [1.165, 1.54) is 0 Å². The van der Waals surface area contributed by atoms with Crippen LogP contribution in [0.4, 0.5) is 0 Å². The number of fused-ring (bicyclic) bond motifs is 1. The zero-order valence-corrected chi connectivity index (χ0v) is 11.0. The molecule has 1 aromatic carbocycles. The first-order valence-corrected chi connectivity index (χ1v) is 6.12. The molecule has 90 valence electrons. The van der Waals surface area contributed by atoms with Crippen molar-refractivity contribution < 1.29 is 9.53 Å². The smallest absolute Gasteiger partial charge is 0.327 e. The molecule has 17 heavy (non-hydrogen) atoms. The van der Waals surface area contributed by atoms with Gasteiger partial charge in [0.1, 0.15) is 6.04 Å². The van der Waals surface area contributed by atoms with Crippen LogP contribution in [0.5, 0.6) is 0 Å². The fourth-order valence-corrected chi connectivity index (χ4v) is 2.36. The summed E-state index contributed by atoms with van der Waals surface area (Å²) >= 11 is 3.46. The highest BCUT2D eigenvalue weighted by Gasteiger charge is 2.21. The number of hydrogen-bond donors (Lipinski definition) is 2. The van der Waals surface area contributed by atoms with Crippen LogP contribution in [-0.2, 0) is 9.53 Å². The van der Waals surface area contributed by atoms with Crippen molar-refractivity contribution in [3.8, 4) is 0 Å². The number of nitrogens with two attached hydrogens (primary N) is 1. The van der Waals surface area contributed by atoms with Gasteiger partial charge in [0.05, 0.1) is 6.61 Å². The van der Waals surface area contributed by atoms with Crippen LogP contribution < -0.4 is 5.73 Å². The Labute approximate surface area is 107 Å². The molecule has 2 rings (SSSR count). The third-order valence-electron chi connectivity index (χ3n) is 2.56. The average Bonchev–Trinajstić information content (AvgIpc) is 2.73. The van der Waals surface area contributed by atoms with Crippen LogP contribution in [0.25, 0.3) is 10.9 Å². The lowest BCUT2D eigenvalue weighted by Gasteiger charge is -2.10. The minimum Gasteiger partial charge on any atom is -0.465 e. The summed E-state index contributed by atoms with van der Waals surface area (Å²) in [6.07, 6.45) is 1.75. The van der Waals surface area contributed by atoms with Crippen molar-refractivity contribution in [3.63, 3.8) is 0 Å². The fourth-order valence-electron chi connectivity index (χ4n) is 1.77. The molecule has 0 bridgehead atoms. The summed E-state index contributed by atoms with van der Waals surface area (Å²) in [5.41, 5.74) is 7.57. The Balaban J connectivity index is 2.45. The molecule has 0 spiro atoms. The number of ether oxygens (including phenoxy) is 1. The van der Waals surface area contributed by atoms with E-state index in [9.17, 15) is 4.79 Å². The third-order valence-corrected chi connectivity index (χ3v) is 3.22. The Morgan fingerprint density at radius 3 is 3.06 bits per heavy atom. The third kappa shape index (κ3) is 2.21. The first-order valence-electron chi connectivity index (χ1n) is 5.33. The van der Waals surface area contributed by atoms with Gasteiger partial charge in [-0.3, -0.25) is 0 Å². The van der Waals surface area contributed by atoms with Crippen LogP contribution in [0, 0.1) is 0 Å². The van der Waals surface area contributed by atoms with Gasteiger partial charge in [0.25, 0.3) is 0 Å². The molecule has 0 aliphatic rings. The van der Waals surface area contributed by atoms with Gasteiger partial charge in [-0.05, 0) is 19.1 Å². The van der Waals surface area contributed by atoms with Crippen molar-refractivity contribution in [1.29, 1.82) is 0 Å². The van der Waals surface area contributed by atoms with Gasteiger partial charge in [-0.2, -0.15) is 0 Å². The monoisotopic (exact) mass is 296 g/mol. The standard InChI is InChI=1S/C12H13BrN2O2/c1-2-17-12(16)11(14)7-6-15-9-5-3-4-8(13)10(7)9/h3-6,11,15H,2,14H2,1H3/t11-/m0/s1. The van der Waals surface area contributed by atoms with Crippen LogP contribution in [-0.4, -0.2) is 17.6 Å². The van der Waals surface area contributed by atoms with E-state index in [4.69, 9.17) is 10.5 Å². The van der Waals surface area contributed by atoms with Crippen molar-refractivity contribution in [2.45, 2.75) is 13.0 Å². The number of hydrogen-bond acceptors (Lipinski definition) is 3. The van der Waals surface area contributed by atoms with E-state index >= 15 is 0 Å². The zero-order valence-electron chi connectivity index (χ0n) is 9.37. The summed E-state index contributed by atoms with van der Waals surface area (Å²) in [5.74, 6) is -0.413. The molecule has 0 saturated heterocycles. The number of rotatable bonds is 3. The van der Waals surface area contributed by atoms with Crippen molar-refractivity contribution in [3.05, 3.63) is 34.4 Å². The van der Waals surface area contributed by atoms with Crippen molar-refractivity contribution in [2.24, 2.45) is 5.73 Å². The van der Waals surface area contributed by atoms with E-state index in [-0.39, 0.29) is 0 Å². The van der Waals surface area contributed by atoms with Crippen LogP contribution in [0.3, 0.4) is 0 Å². The van der Waals surface area contributed by atoms with E-state index in [1.54, 1.807) is 13.1 Å². The predicted molar refractivity (Wildman–Crippen MR) is 69.6 cm³/mol. The summed E-state index contributed by atoms with van der Waals surface area (Å²) in [5, 5.41) is 0.924. The second kappa shape index (κ2) is 4.89. The molecule has 0 fully saturated rings. The minimum atomic E-state index is -0.762. The highest BCUT2D eigenvalue weighted by Crippen LogP contribution is 2.30. The van der Waals surface area contributed by atoms with Crippen molar-refractivity contribution in [2.75, 3.05) is 6.61 Å². The maximum absolute atomic E-state index is 11.6. The van der Waals surface area contributed by atoms with Gasteiger partial charge < -0.3 is 15.5 Å². The molecular formula is C12H13BrN2O2. The Bertz CT molecular complexity index is 550. The summed E-state index contributed by atoms with van der Waals surface area (Å²) < 4.78 is 5.83. The number of benzene rings is 1. The van der Waals surface area contributed by atoms with Gasteiger partial charge in [-0.15, -0.1) is 0 Å². The van der Waals surface area contributed by atoms with Crippen molar-refractivity contribution >= 4 is 32.8 Å². The van der Waals surface area contributed by atoms with Gasteiger partial charge in [0.15, 0.2) is 0 Å². The Morgan fingerprint density at radius 1 is 1.59 bits per heavy atom. The number of nitrogens with one attached hydrogen (secondary N) is 1. The van der Waals surface area contributed by atoms with Gasteiger partial charge in [0, 0.05) is 27.1 Å². The molecule has 0 amide bonds. The summed E-state index contributed by atoms with van der Waals surface area (Å²) in [7, 11) is 0. The number of aromatic nitrogens is 1. The maximum atomic E-state index is 11.6. The maximum Gasteiger partial charge on any atom is 0.327 e. The molecule has 5 heteroatoms. The predicted octanol–water partition coefficient (Wildman–Crippen LogP) is 2.49. The Kier molecular flexibility index (Phi) is 3.49. The lowest BCUT2D eigenvalue weighted by Crippen LogP contribution is -2.23. The highest BCUT2D eigenvalue weighted by molar-refractivity contribution is 9.10. The van der Waals surface area contributed by atoms with Gasteiger partial charge in [-0.1, -0.05) is 22.0 Å². The molecule has 2 aromatic rings. The van der Waals surface area contributed by atoms with Crippen LogP contribution in [0.15, 0.2) is 28.9 Å². The quantitative estimate of drug-likeness (QED) is 0.855. The zero-order chi connectivity index (χ0) is 12.4. The number of halogens is 1. The molecule has 0 saturated carbocycles. The molecule has 1 atom stereocenters. The molecule has 0 aliphatic heterocycles. The fraction of sp³-hybridized carbons (Fsp3) is 0.250. The molecule has 1 aromatic heterocycles. The first-order chi connectivity index (χ1) is 8.15. The molecule has 0 radical (unpaired) electrons. The topological polar surface area (TPSA) is 68.1 Å². The lowest BCUT2D eigenvalue weighted by atomic mass is 10.1. The normalized spacial score (nSPS) is 12.6. The van der Waals surface area contributed by atoms with Crippen LogP contribution >= 0.6 is 15.9 Å². The number of carbonyl (C=O) groups excluding carboxylic acids is 1. The second-order valence-corrected chi connectivity index (χ2v) is 4.49. The van der Waals surface area contributed by atoms with Crippen LogP contribution in [0.2, 0.25) is 0 Å². The molecule has 4 nitrogen and oxygen atoms in total. The molecule has 0 unspecified atom stereocenters. The lowest BCUT2D eigenvalue weighted by molar-refractivity contribution is -0.144. The first kappa shape index (κ1) is 12.1. The van der Waals surface area contributed by atoms with E-state index in [1.807, 2.05) is 18.2 Å². The SMILES string of the molecule is CCOC(=O)[C@@H](N)c1c[nH]c2cccc(Br)c12. The van der Waals surface area contributed by atoms with E-state index < -0.39 is 12.0 Å². The molecular weight excluding hydrogens is 284 g/mol. The average molecular weight is 297 g/mol. The van der Waals surface area contributed by atoms with E-state index in [0.29, 0.717) is 6.61 Å². The molecule has 0 aliphatic carbocycles. The largest absolute Gasteiger partial charge is 0.465 e. The number of esters is 1. The van der Waals surface area contributed by atoms with Crippen molar-refractivity contribution in [1.82, 2.24) is 4.98 Å². The number of aromatic amines is 1. The number of carbonyl (C=O) groups is 1. The number of H-pyrrole nitrogens is 1. The molecule has 3 N–H and O–H groups in total. The van der Waals surface area contributed by atoms with Gasteiger partial charge >= 0.3 is 5.97 Å². The van der Waals surface area contributed by atoms with Crippen LogP contribution in [0.1, 0.15) is 18.5 Å². The Morgan fingerprint density at radius 2 is 2.35 bits per heavy atom. The minimum absolute atomic E-state index is 0.329. The Hall–Kier alpha value is -1.33.